The average molecular weight is 373 g/mol. The van der Waals surface area contributed by atoms with Crippen LogP contribution >= 0.6 is 24.8 Å². The zero-order valence-corrected chi connectivity index (χ0v) is 15.8. The molecule has 0 bridgehead atoms. The Bertz CT molecular complexity index is 668. The number of halogens is 2. The highest BCUT2D eigenvalue weighted by atomic mass is 35.5. The number of imidazole rings is 1. The van der Waals surface area contributed by atoms with Crippen LogP contribution in [0.4, 0.5) is 0 Å². The zero-order chi connectivity index (χ0) is 15.5. The van der Waals surface area contributed by atoms with E-state index in [1.54, 1.807) is 0 Å². The third-order valence-corrected chi connectivity index (χ3v) is 4.37. The van der Waals surface area contributed by atoms with Gasteiger partial charge in [0, 0.05) is 6.54 Å². The van der Waals surface area contributed by atoms with Gasteiger partial charge < -0.3 is 15.2 Å². The van der Waals surface area contributed by atoms with Gasteiger partial charge in [0.05, 0.1) is 23.1 Å². The van der Waals surface area contributed by atoms with E-state index in [4.69, 9.17) is 4.98 Å². The first kappa shape index (κ1) is 20.7. The van der Waals surface area contributed by atoms with E-state index in [-0.39, 0.29) is 42.8 Å². The lowest BCUT2D eigenvalue weighted by atomic mass is 10.0. The van der Waals surface area contributed by atoms with E-state index in [9.17, 15) is 4.79 Å². The molecule has 1 amide bonds. The second-order valence-corrected chi connectivity index (χ2v) is 5.94. The normalized spacial score (nSPS) is 18.3. The first-order valence-corrected chi connectivity index (χ1v) is 8.19. The van der Waals surface area contributed by atoms with Crippen LogP contribution in [0.3, 0.4) is 0 Å². The molecule has 2 heterocycles. The van der Waals surface area contributed by atoms with Crippen molar-refractivity contribution < 1.29 is 4.79 Å². The molecule has 7 heteroatoms. The van der Waals surface area contributed by atoms with Gasteiger partial charge in [-0.15, -0.1) is 24.8 Å². The molecular formula is C17H26Cl2N4O. The second kappa shape index (κ2) is 9.25. The minimum absolute atomic E-state index is 0. The summed E-state index contributed by atoms with van der Waals surface area (Å²) >= 11 is 0. The third-order valence-electron chi connectivity index (χ3n) is 4.37. The van der Waals surface area contributed by atoms with Crippen LogP contribution in [0, 0.1) is 0 Å². The quantitative estimate of drug-likeness (QED) is 0.865. The molecule has 1 aromatic heterocycles. The summed E-state index contributed by atoms with van der Waals surface area (Å²) < 4.78 is 2.18. The molecule has 0 aliphatic carbocycles. The number of aromatic nitrogens is 2. The molecule has 1 aliphatic heterocycles. The fourth-order valence-electron chi connectivity index (χ4n) is 3.21. The lowest BCUT2D eigenvalue weighted by molar-refractivity contribution is -0.124. The number of amides is 1. The first-order valence-electron chi connectivity index (χ1n) is 8.19. The molecule has 2 aromatic rings. The predicted octanol–water partition coefficient (Wildman–Crippen LogP) is 3.22. The topological polar surface area (TPSA) is 59.0 Å². The summed E-state index contributed by atoms with van der Waals surface area (Å²) in [6.07, 6.45) is 3.20. The molecule has 134 valence electrons. The number of carbonyl (C=O) groups is 1. The minimum atomic E-state index is -0.0939. The molecule has 1 aromatic carbocycles. The number of hydrogen-bond acceptors (Lipinski definition) is 3. The van der Waals surface area contributed by atoms with Gasteiger partial charge in [0.15, 0.2) is 0 Å². The molecule has 24 heavy (non-hydrogen) atoms. The Labute approximate surface area is 155 Å². The fourth-order valence-corrected chi connectivity index (χ4v) is 3.21. The van der Waals surface area contributed by atoms with Crippen LogP contribution in [0.15, 0.2) is 24.3 Å². The summed E-state index contributed by atoms with van der Waals surface area (Å²) in [5.74, 6) is 1.01. The van der Waals surface area contributed by atoms with Crippen molar-refractivity contribution in [2.45, 2.75) is 51.7 Å². The maximum atomic E-state index is 12.4. The summed E-state index contributed by atoms with van der Waals surface area (Å²) in [7, 11) is 0. The van der Waals surface area contributed by atoms with Crippen molar-refractivity contribution in [3.63, 3.8) is 0 Å². The lowest BCUT2D eigenvalue weighted by Gasteiger charge is -2.24. The number of hydrogen-bond donors (Lipinski definition) is 2. The maximum absolute atomic E-state index is 12.4. The van der Waals surface area contributed by atoms with Gasteiger partial charge in [0.25, 0.3) is 0 Å². The number of benzene rings is 1. The van der Waals surface area contributed by atoms with Crippen LogP contribution in [0.25, 0.3) is 11.0 Å². The molecule has 0 spiro atoms. The van der Waals surface area contributed by atoms with Crippen molar-refractivity contribution >= 4 is 41.8 Å². The Morgan fingerprint density at radius 1 is 1.38 bits per heavy atom. The van der Waals surface area contributed by atoms with Gasteiger partial charge in [-0.25, -0.2) is 4.98 Å². The van der Waals surface area contributed by atoms with Crippen LogP contribution in [-0.2, 0) is 11.3 Å². The molecule has 5 nitrogen and oxygen atoms in total. The van der Waals surface area contributed by atoms with Gasteiger partial charge in [-0.05, 0) is 45.4 Å². The molecule has 0 radical (unpaired) electrons. The Morgan fingerprint density at radius 3 is 2.79 bits per heavy atom. The molecule has 1 unspecified atom stereocenters. The van der Waals surface area contributed by atoms with E-state index < -0.39 is 0 Å². The van der Waals surface area contributed by atoms with Crippen molar-refractivity contribution in [1.29, 1.82) is 0 Å². The summed E-state index contributed by atoms with van der Waals surface area (Å²) in [4.78, 5) is 17.1. The zero-order valence-electron chi connectivity index (χ0n) is 14.1. The monoisotopic (exact) mass is 372 g/mol. The van der Waals surface area contributed by atoms with Gasteiger partial charge in [0.1, 0.15) is 5.82 Å². The number of carbonyl (C=O) groups excluding carboxylic acids is 1. The summed E-state index contributed by atoms with van der Waals surface area (Å²) in [6, 6.07) is 7.96. The summed E-state index contributed by atoms with van der Waals surface area (Å²) in [6.45, 7) is 5.89. The molecule has 2 atom stereocenters. The highest BCUT2D eigenvalue weighted by Gasteiger charge is 2.24. The van der Waals surface area contributed by atoms with Crippen molar-refractivity contribution in [3.05, 3.63) is 30.1 Å². The Morgan fingerprint density at radius 2 is 2.12 bits per heavy atom. The number of fused-ring (bicyclic) bond motifs is 1. The smallest absolute Gasteiger partial charge is 0.237 e. The lowest BCUT2D eigenvalue weighted by Crippen LogP contribution is -2.47. The number of para-hydroxylation sites is 2. The highest BCUT2D eigenvalue weighted by Crippen LogP contribution is 2.21. The van der Waals surface area contributed by atoms with Crippen LogP contribution in [-0.4, -0.2) is 28.0 Å². The van der Waals surface area contributed by atoms with Gasteiger partial charge in [-0.2, -0.15) is 0 Å². The number of rotatable bonds is 4. The van der Waals surface area contributed by atoms with Crippen LogP contribution < -0.4 is 10.6 Å². The molecular weight excluding hydrogens is 347 g/mol. The number of nitrogens with zero attached hydrogens (tertiary/aromatic N) is 2. The highest BCUT2D eigenvalue weighted by molar-refractivity contribution is 5.85. The number of nitrogens with one attached hydrogen (secondary N) is 2. The van der Waals surface area contributed by atoms with E-state index in [2.05, 4.69) is 28.2 Å². The van der Waals surface area contributed by atoms with Crippen molar-refractivity contribution in [3.8, 4) is 0 Å². The van der Waals surface area contributed by atoms with Gasteiger partial charge in [-0.1, -0.05) is 18.6 Å². The third kappa shape index (κ3) is 4.21. The van der Waals surface area contributed by atoms with Crippen LogP contribution in [0.1, 0.15) is 45.0 Å². The van der Waals surface area contributed by atoms with Crippen LogP contribution in [0.2, 0.25) is 0 Å². The maximum Gasteiger partial charge on any atom is 0.237 e. The number of aryl methyl sites for hydroxylation is 1. The van der Waals surface area contributed by atoms with Gasteiger partial charge in [-0.3, -0.25) is 4.79 Å². The second-order valence-electron chi connectivity index (χ2n) is 5.94. The summed E-state index contributed by atoms with van der Waals surface area (Å²) in [5.41, 5.74) is 2.10. The summed E-state index contributed by atoms with van der Waals surface area (Å²) in [5, 5.41) is 6.41. The largest absolute Gasteiger partial charge is 0.345 e. The van der Waals surface area contributed by atoms with E-state index in [1.165, 1.54) is 0 Å². The standard InChI is InChI=1S/C17H24N4O.2ClH/c1-3-21-15-10-5-4-8-13(15)20-16(21)12(2)19-17(22)14-9-6-7-11-18-14;;/h4-5,8,10,12,14,18H,3,6-7,9,11H2,1-2H3,(H,19,22);2*1H/t12?,14-;;/m1../s1. The van der Waals surface area contributed by atoms with Gasteiger partial charge >= 0.3 is 0 Å². The minimum Gasteiger partial charge on any atom is -0.345 e. The average Bonchev–Trinajstić information content (AvgIpc) is 2.94. The SMILES string of the molecule is CCn1c(C(C)NC(=O)[C@H]2CCCCN2)nc2ccccc21.Cl.Cl. The van der Waals surface area contributed by atoms with Crippen LogP contribution in [0.5, 0.6) is 0 Å². The van der Waals surface area contributed by atoms with E-state index in [0.29, 0.717) is 0 Å². The molecule has 1 aliphatic rings. The van der Waals surface area contributed by atoms with Crippen molar-refractivity contribution in [1.82, 2.24) is 20.2 Å². The fraction of sp³-hybridized carbons (Fsp3) is 0.529. The van der Waals surface area contributed by atoms with E-state index >= 15 is 0 Å². The molecule has 0 saturated carbocycles. The Hall–Kier alpha value is -1.30. The van der Waals surface area contributed by atoms with E-state index in [1.807, 2.05) is 25.1 Å². The van der Waals surface area contributed by atoms with Crippen molar-refractivity contribution in [2.24, 2.45) is 0 Å². The molecule has 1 fully saturated rings. The Balaban J connectivity index is 0.00000144. The predicted molar refractivity (Wildman–Crippen MR) is 102 cm³/mol. The van der Waals surface area contributed by atoms with Crippen molar-refractivity contribution in [2.75, 3.05) is 6.54 Å². The number of piperidine rings is 1. The first-order chi connectivity index (χ1) is 10.7. The van der Waals surface area contributed by atoms with Gasteiger partial charge in [0.2, 0.25) is 5.91 Å². The molecule has 1 saturated heterocycles. The van der Waals surface area contributed by atoms with E-state index in [0.717, 1.165) is 49.2 Å². The molecule has 3 rings (SSSR count). The Kier molecular flexibility index (Phi) is 8.00. The molecule has 2 N–H and O–H groups in total.